The summed E-state index contributed by atoms with van der Waals surface area (Å²) in [5.41, 5.74) is 2.76. The van der Waals surface area contributed by atoms with Crippen LogP contribution in [0.25, 0.3) is 0 Å². The van der Waals surface area contributed by atoms with E-state index in [0.717, 1.165) is 25.0 Å². The Morgan fingerprint density at radius 3 is 2.71 bits per heavy atom. The quantitative estimate of drug-likeness (QED) is 0.930. The van der Waals surface area contributed by atoms with Gasteiger partial charge < -0.3 is 4.74 Å². The van der Waals surface area contributed by atoms with Crippen molar-refractivity contribution in [2.45, 2.75) is 32.0 Å². The summed E-state index contributed by atoms with van der Waals surface area (Å²) < 4.78 is 42.9. The maximum atomic E-state index is 12.6. The number of halogens is 3. The monoisotopic (exact) mass is 302 g/mol. The van der Waals surface area contributed by atoms with Crippen molar-refractivity contribution in [2.24, 2.45) is 0 Å². The topological polar surface area (TPSA) is 41.6 Å². The molecule has 116 valence electrons. The molecule has 1 aliphatic rings. The fraction of sp³-hybridized carbons (Fsp3) is 0.500. The first kappa shape index (κ1) is 15.6. The van der Waals surface area contributed by atoms with Crippen LogP contribution in [0.4, 0.5) is 13.2 Å². The molecule has 4 nitrogen and oxygen atoms in total. The SMILES string of the molecule is COc1cc(C(F)(F)F)ccc1CNN1CCCCC1=O. The average Bonchev–Trinajstić information content (AvgIpc) is 2.45. The van der Waals surface area contributed by atoms with Crippen molar-refractivity contribution in [3.63, 3.8) is 0 Å². The predicted molar refractivity (Wildman–Crippen MR) is 70.4 cm³/mol. The molecule has 0 saturated carbocycles. The fourth-order valence-electron chi connectivity index (χ4n) is 2.22. The van der Waals surface area contributed by atoms with Gasteiger partial charge in [-0.25, -0.2) is 5.43 Å². The molecule has 0 aromatic heterocycles. The number of carbonyl (C=O) groups is 1. The zero-order valence-corrected chi connectivity index (χ0v) is 11.7. The van der Waals surface area contributed by atoms with E-state index in [-0.39, 0.29) is 18.2 Å². The van der Waals surface area contributed by atoms with E-state index in [1.807, 2.05) is 0 Å². The maximum absolute atomic E-state index is 12.6. The second-order valence-electron chi connectivity index (χ2n) is 4.86. The predicted octanol–water partition coefficient (Wildman–Crippen LogP) is 2.73. The molecule has 1 aromatic rings. The van der Waals surface area contributed by atoms with E-state index in [4.69, 9.17) is 4.74 Å². The number of piperidine rings is 1. The van der Waals surface area contributed by atoms with Crippen molar-refractivity contribution in [3.8, 4) is 5.75 Å². The molecular formula is C14H17F3N2O2. The minimum absolute atomic E-state index is 0.00660. The highest BCUT2D eigenvalue weighted by Crippen LogP contribution is 2.33. The van der Waals surface area contributed by atoms with Crippen molar-refractivity contribution in [1.29, 1.82) is 0 Å². The van der Waals surface area contributed by atoms with E-state index in [1.54, 1.807) is 0 Å². The Hall–Kier alpha value is -1.76. The van der Waals surface area contributed by atoms with Gasteiger partial charge in [-0.3, -0.25) is 9.80 Å². The summed E-state index contributed by atoms with van der Waals surface area (Å²) in [7, 11) is 1.32. The lowest BCUT2D eigenvalue weighted by atomic mass is 10.1. The number of benzene rings is 1. The fourth-order valence-corrected chi connectivity index (χ4v) is 2.22. The van der Waals surface area contributed by atoms with Gasteiger partial charge in [0.2, 0.25) is 5.91 Å². The zero-order valence-electron chi connectivity index (χ0n) is 11.7. The number of nitrogens with one attached hydrogen (secondary N) is 1. The maximum Gasteiger partial charge on any atom is 0.416 e. The van der Waals surface area contributed by atoms with Gasteiger partial charge in [-0.2, -0.15) is 13.2 Å². The number of hydrazine groups is 1. The number of alkyl halides is 3. The summed E-state index contributed by atoms with van der Waals surface area (Å²) in [5.74, 6) is 0.161. The Balaban J connectivity index is 2.07. The van der Waals surface area contributed by atoms with Crippen LogP contribution >= 0.6 is 0 Å². The highest BCUT2D eigenvalue weighted by Gasteiger charge is 2.31. The summed E-state index contributed by atoms with van der Waals surface area (Å²) in [5, 5.41) is 1.51. The molecule has 1 aromatic carbocycles. The number of hydrogen-bond donors (Lipinski definition) is 1. The van der Waals surface area contributed by atoms with Gasteiger partial charge in [0.25, 0.3) is 0 Å². The molecule has 0 unspecified atom stereocenters. The van der Waals surface area contributed by atoms with Crippen LogP contribution in [0.2, 0.25) is 0 Å². The third-order valence-corrected chi connectivity index (χ3v) is 3.40. The van der Waals surface area contributed by atoms with Gasteiger partial charge in [0.15, 0.2) is 0 Å². The normalized spacial score (nSPS) is 16.2. The van der Waals surface area contributed by atoms with E-state index in [9.17, 15) is 18.0 Å². The molecule has 21 heavy (non-hydrogen) atoms. The first-order valence-electron chi connectivity index (χ1n) is 6.70. The highest BCUT2D eigenvalue weighted by atomic mass is 19.4. The van der Waals surface area contributed by atoms with Crippen LogP contribution in [0.1, 0.15) is 30.4 Å². The molecule has 0 atom stereocenters. The van der Waals surface area contributed by atoms with Crippen LogP contribution in [0.5, 0.6) is 5.75 Å². The minimum atomic E-state index is -4.40. The van der Waals surface area contributed by atoms with E-state index >= 15 is 0 Å². The summed E-state index contributed by atoms with van der Waals surface area (Å²) in [4.78, 5) is 11.6. The van der Waals surface area contributed by atoms with E-state index in [2.05, 4.69) is 5.43 Å². The van der Waals surface area contributed by atoms with Gasteiger partial charge in [-0.15, -0.1) is 0 Å². The lowest BCUT2D eigenvalue weighted by Gasteiger charge is -2.27. The lowest BCUT2D eigenvalue weighted by molar-refractivity contribution is -0.138. The lowest BCUT2D eigenvalue weighted by Crippen LogP contribution is -2.45. The second kappa shape index (κ2) is 6.34. The number of rotatable bonds is 4. The van der Waals surface area contributed by atoms with Crippen molar-refractivity contribution in [1.82, 2.24) is 10.4 Å². The van der Waals surface area contributed by atoms with Crippen LogP contribution < -0.4 is 10.2 Å². The molecule has 0 aliphatic carbocycles. The summed E-state index contributed by atoms with van der Waals surface area (Å²) in [6, 6.07) is 3.34. The Labute approximate surface area is 120 Å². The average molecular weight is 302 g/mol. The van der Waals surface area contributed by atoms with Crippen LogP contribution in [-0.2, 0) is 17.5 Å². The summed E-state index contributed by atoms with van der Waals surface area (Å²) in [6.45, 7) is 0.856. The number of carbonyl (C=O) groups excluding carboxylic acids is 1. The third kappa shape index (κ3) is 3.87. The highest BCUT2D eigenvalue weighted by molar-refractivity contribution is 5.76. The van der Waals surface area contributed by atoms with Gasteiger partial charge in [0, 0.05) is 25.1 Å². The van der Waals surface area contributed by atoms with Gasteiger partial charge in [-0.1, -0.05) is 6.07 Å². The number of methoxy groups -OCH3 is 1. The largest absolute Gasteiger partial charge is 0.496 e. The molecule has 1 aliphatic heterocycles. The van der Waals surface area contributed by atoms with E-state index in [0.29, 0.717) is 18.5 Å². The second-order valence-corrected chi connectivity index (χ2v) is 4.86. The van der Waals surface area contributed by atoms with Crippen LogP contribution in [0.3, 0.4) is 0 Å². The molecule has 1 saturated heterocycles. The zero-order chi connectivity index (χ0) is 15.5. The molecule has 7 heteroatoms. The molecular weight excluding hydrogens is 285 g/mol. The summed E-state index contributed by atoms with van der Waals surface area (Å²) >= 11 is 0. The van der Waals surface area contributed by atoms with Crippen LogP contribution in [-0.4, -0.2) is 24.6 Å². The molecule has 0 radical (unpaired) electrons. The number of hydrogen-bond acceptors (Lipinski definition) is 3. The number of nitrogens with zero attached hydrogens (tertiary/aromatic N) is 1. The minimum Gasteiger partial charge on any atom is -0.496 e. The molecule has 1 fully saturated rings. The van der Waals surface area contributed by atoms with Gasteiger partial charge in [0.1, 0.15) is 5.75 Å². The molecule has 2 rings (SSSR count). The Morgan fingerprint density at radius 2 is 2.10 bits per heavy atom. The van der Waals surface area contributed by atoms with Crippen molar-refractivity contribution in [3.05, 3.63) is 29.3 Å². The van der Waals surface area contributed by atoms with Gasteiger partial charge >= 0.3 is 6.18 Å². The van der Waals surface area contributed by atoms with Crippen molar-refractivity contribution < 1.29 is 22.7 Å². The Morgan fingerprint density at radius 1 is 1.33 bits per heavy atom. The van der Waals surface area contributed by atoms with Gasteiger partial charge in [-0.05, 0) is 25.0 Å². The third-order valence-electron chi connectivity index (χ3n) is 3.40. The summed E-state index contributed by atoms with van der Waals surface area (Å²) in [6.07, 6.45) is -2.11. The molecule has 0 bridgehead atoms. The van der Waals surface area contributed by atoms with Gasteiger partial charge in [0.05, 0.1) is 12.7 Å². The van der Waals surface area contributed by atoms with Crippen molar-refractivity contribution in [2.75, 3.05) is 13.7 Å². The first-order chi connectivity index (χ1) is 9.91. The Bertz CT molecular complexity index is 517. The molecule has 1 N–H and O–H groups in total. The van der Waals surface area contributed by atoms with Crippen LogP contribution in [0, 0.1) is 0 Å². The van der Waals surface area contributed by atoms with E-state index < -0.39 is 11.7 Å². The number of amides is 1. The molecule has 1 heterocycles. The van der Waals surface area contributed by atoms with Crippen molar-refractivity contribution >= 4 is 5.91 Å². The smallest absolute Gasteiger partial charge is 0.416 e. The Kier molecular flexibility index (Phi) is 4.72. The number of ether oxygens (including phenoxy) is 1. The standard InChI is InChI=1S/C14H17F3N2O2/c1-21-12-8-11(14(15,16)17)6-5-10(12)9-18-19-7-3-2-4-13(19)20/h5-6,8,18H,2-4,7,9H2,1H3. The van der Waals surface area contributed by atoms with E-state index in [1.165, 1.54) is 18.2 Å². The van der Waals surface area contributed by atoms with Crippen LogP contribution in [0.15, 0.2) is 18.2 Å². The molecule has 0 spiro atoms. The first-order valence-corrected chi connectivity index (χ1v) is 6.70. The molecule has 1 amide bonds.